The Morgan fingerprint density at radius 2 is 2.27 bits per heavy atom. The third-order valence-electron chi connectivity index (χ3n) is 2.85. The molecule has 4 heteroatoms. The van der Waals surface area contributed by atoms with Crippen LogP contribution in [0, 0.1) is 0 Å². The van der Waals surface area contributed by atoms with Gasteiger partial charge in [-0.25, -0.2) is 0 Å². The summed E-state index contributed by atoms with van der Waals surface area (Å²) in [6, 6.07) is -0.0874. The zero-order valence-electron chi connectivity index (χ0n) is 9.84. The summed E-state index contributed by atoms with van der Waals surface area (Å²) >= 11 is 0. The molecule has 1 saturated heterocycles. The third-order valence-corrected chi connectivity index (χ3v) is 2.85. The van der Waals surface area contributed by atoms with E-state index in [2.05, 4.69) is 5.32 Å². The van der Waals surface area contributed by atoms with Crippen molar-refractivity contribution in [2.75, 3.05) is 20.3 Å². The number of nitrogens with one attached hydrogen (secondary N) is 1. The largest absolute Gasteiger partial charge is 0.464 e. The van der Waals surface area contributed by atoms with E-state index in [0.29, 0.717) is 6.61 Å². The lowest BCUT2D eigenvalue weighted by Gasteiger charge is -2.22. The molecule has 0 aromatic heterocycles. The lowest BCUT2D eigenvalue weighted by molar-refractivity contribution is -0.147. The molecule has 0 spiro atoms. The average Bonchev–Trinajstić information content (AvgIpc) is 2.70. The molecule has 1 atom stereocenters. The standard InChI is InChI=1S/C11H21NO3/c1-11(2,14-3)6-8-15-10(13)9-5-4-7-12-9/h9,12H,4-8H2,1-3H3/t9-/m0/s1. The van der Waals surface area contributed by atoms with E-state index in [1.807, 2.05) is 13.8 Å². The second-order valence-corrected chi connectivity index (χ2v) is 4.53. The summed E-state index contributed by atoms with van der Waals surface area (Å²) in [7, 11) is 1.67. The van der Waals surface area contributed by atoms with E-state index in [1.165, 1.54) is 0 Å². The van der Waals surface area contributed by atoms with Gasteiger partial charge in [-0.15, -0.1) is 0 Å². The Kier molecular flexibility index (Phi) is 4.54. The maximum absolute atomic E-state index is 11.5. The first-order valence-electron chi connectivity index (χ1n) is 5.50. The molecule has 1 fully saturated rings. The van der Waals surface area contributed by atoms with Crippen molar-refractivity contribution in [2.45, 2.75) is 44.8 Å². The molecule has 4 nitrogen and oxygen atoms in total. The Morgan fingerprint density at radius 3 is 2.80 bits per heavy atom. The highest BCUT2D eigenvalue weighted by atomic mass is 16.5. The fraction of sp³-hybridized carbons (Fsp3) is 0.909. The minimum Gasteiger partial charge on any atom is -0.464 e. The van der Waals surface area contributed by atoms with Gasteiger partial charge in [-0.3, -0.25) is 4.79 Å². The van der Waals surface area contributed by atoms with Crippen LogP contribution in [0.1, 0.15) is 33.1 Å². The SMILES string of the molecule is COC(C)(C)CCOC(=O)[C@@H]1CCCN1. The Morgan fingerprint density at radius 1 is 1.53 bits per heavy atom. The van der Waals surface area contributed by atoms with Gasteiger partial charge in [0.05, 0.1) is 12.2 Å². The van der Waals surface area contributed by atoms with E-state index >= 15 is 0 Å². The molecule has 0 aromatic rings. The molecule has 0 saturated carbocycles. The van der Waals surface area contributed by atoms with Crippen molar-refractivity contribution in [3.05, 3.63) is 0 Å². The van der Waals surface area contributed by atoms with Crippen LogP contribution >= 0.6 is 0 Å². The van der Waals surface area contributed by atoms with Crippen LogP contribution in [0.2, 0.25) is 0 Å². The van der Waals surface area contributed by atoms with Gasteiger partial charge in [0.25, 0.3) is 0 Å². The van der Waals surface area contributed by atoms with Gasteiger partial charge in [0, 0.05) is 13.5 Å². The Bertz CT molecular complexity index is 210. The summed E-state index contributed by atoms with van der Waals surface area (Å²) in [5.74, 6) is -0.126. The smallest absolute Gasteiger partial charge is 0.323 e. The van der Waals surface area contributed by atoms with E-state index < -0.39 is 0 Å². The molecule has 1 aliphatic rings. The van der Waals surface area contributed by atoms with Crippen molar-refractivity contribution < 1.29 is 14.3 Å². The zero-order valence-corrected chi connectivity index (χ0v) is 9.84. The molecule has 1 aliphatic heterocycles. The van der Waals surface area contributed by atoms with Gasteiger partial charge in [-0.1, -0.05) is 0 Å². The van der Waals surface area contributed by atoms with Crippen molar-refractivity contribution >= 4 is 5.97 Å². The molecular weight excluding hydrogens is 194 g/mol. The van der Waals surface area contributed by atoms with Crippen molar-refractivity contribution in [3.63, 3.8) is 0 Å². The summed E-state index contributed by atoms with van der Waals surface area (Å²) in [4.78, 5) is 11.5. The topological polar surface area (TPSA) is 47.6 Å². The quantitative estimate of drug-likeness (QED) is 0.698. The number of carbonyl (C=O) groups is 1. The highest BCUT2D eigenvalue weighted by Gasteiger charge is 2.24. The molecule has 0 amide bonds. The van der Waals surface area contributed by atoms with Gasteiger partial charge in [0.15, 0.2) is 0 Å². The summed E-state index contributed by atoms with van der Waals surface area (Å²) in [6.45, 7) is 5.31. The highest BCUT2D eigenvalue weighted by Crippen LogP contribution is 2.13. The Balaban J connectivity index is 2.16. The van der Waals surface area contributed by atoms with Crippen LogP contribution in [0.3, 0.4) is 0 Å². The van der Waals surface area contributed by atoms with E-state index in [0.717, 1.165) is 25.8 Å². The van der Waals surface area contributed by atoms with Crippen LogP contribution in [0.4, 0.5) is 0 Å². The minimum absolute atomic E-state index is 0.0874. The predicted octanol–water partition coefficient (Wildman–Crippen LogP) is 1.10. The van der Waals surface area contributed by atoms with Crippen molar-refractivity contribution in [1.82, 2.24) is 5.32 Å². The lowest BCUT2D eigenvalue weighted by Crippen LogP contribution is -2.34. The van der Waals surface area contributed by atoms with Gasteiger partial charge < -0.3 is 14.8 Å². The number of hydrogen-bond acceptors (Lipinski definition) is 4. The van der Waals surface area contributed by atoms with E-state index in [9.17, 15) is 4.79 Å². The van der Waals surface area contributed by atoms with Crippen LogP contribution in [0.25, 0.3) is 0 Å². The van der Waals surface area contributed by atoms with Gasteiger partial charge in [0.1, 0.15) is 6.04 Å². The monoisotopic (exact) mass is 215 g/mol. The molecular formula is C11H21NO3. The molecule has 1 N–H and O–H groups in total. The molecule has 15 heavy (non-hydrogen) atoms. The predicted molar refractivity (Wildman–Crippen MR) is 57.7 cm³/mol. The van der Waals surface area contributed by atoms with Gasteiger partial charge in [0.2, 0.25) is 0 Å². The molecule has 0 radical (unpaired) electrons. The lowest BCUT2D eigenvalue weighted by atomic mass is 10.1. The molecule has 0 bridgehead atoms. The summed E-state index contributed by atoms with van der Waals surface area (Å²) in [5.41, 5.74) is -0.219. The van der Waals surface area contributed by atoms with Gasteiger partial charge >= 0.3 is 5.97 Å². The number of carbonyl (C=O) groups excluding carboxylic acids is 1. The number of methoxy groups -OCH3 is 1. The first-order valence-corrected chi connectivity index (χ1v) is 5.50. The van der Waals surface area contributed by atoms with Crippen molar-refractivity contribution in [1.29, 1.82) is 0 Å². The third kappa shape index (κ3) is 4.18. The minimum atomic E-state index is -0.219. The zero-order chi connectivity index (χ0) is 11.3. The fourth-order valence-corrected chi connectivity index (χ4v) is 1.49. The first-order chi connectivity index (χ1) is 7.05. The second kappa shape index (κ2) is 5.47. The first kappa shape index (κ1) is 12.5. The van der Waals surface area contributed by atoms with E-state index in [-0.39, 0.29) is 17.6 Å². The molecule has 88 valence electrons. The maximum Gasteiger partial charge on any atom is 0.323 e. The Hall–Kier alpha value is -0.610. The van der Waals surface area contributed by atoms with Crippen molar-refractivity contribution in [3.8, 4) is 0 Å². The summed E-state index contributed by atoms with van der Waals surface area (Å²) < 4.78 is 10.4. The number of ether oxygens (including phenoxy) is 2. The second-order valence-electron chi connectivity index (χ2n) is 4.53. The summed E-state index contributed by atoms with van der Waals surface area (Å²) in [6.07, 6.45) is 2.68. The van der Waals surface area contributed by atoms with Crippen LogP contribution in [0.5, 0.6) is 0 Å². The fourth-order valence-electron chi connectivity index (χ4n) is 1.49. The summed E-state index contributed by atoms with van der Waals surface area (Å²) in [5, 5.41) is 3.11. The van der Waals surface area contributed by atoms with Crippen LogP contribution in [-0.2, 0) is 14.3 Å². The van der Waals surface area contributed by atoms with Crippen LogP contribution in [-0.4, -0.2) is 37.9 Å². The molecule has 0 aliphatic carbocycles. The number of rotatable bonds is 5. The molecule has 1 rings (SSSR count). The molecule has 0 unspecified atom stereocenters. The maximum atomic E-state index is 11.5. The van der Waals surface area contributed by atoms with E-state index in [4.69, 9.17) is 9.47 Å². The van der Waals surface area contributed by atoms with Crippen molar-refractivity contribution in [2.24, 2.45) is 0 Å². The average molecular weight is 215 g/mol. The molecule has 0 aromatic carbocycles. The van der Waals surface area contributed by atoms with Gasteiger partial charge in [-0.05, 0) is 33.2 Å². The van der Waals surface area contributed by atoms with Gasteiger partial charge in [-0.2, -0.15) is 0 Å². The Labute approximate surface area is 91.3 Å². The number of hydrogen-bond donors (Lipinski definition) is 1. The van der Waals surface area contributed by atoms with Crippen LogP contribution < -0.4 is 5.32 Å². The van der Waals surface area contributed by atoms with Crippen LogP contribution in [0.15, 0.2) is 0 Å². The highest BCUT2D eigenvalue weighted by molar-refractivity contribution is 5.76. The molecule has 1 heterocycles. The normalized spacial score (nSPS) is 21.7. The number of esters is 1. The van der Waals surface area contributed by atoms with E-state index in [1.54, 1.807) is 7.11 Å².